The number of hydrogen-bond donors (Lipinski definition) is 1. The summed E-state index contributed by atoms with van der Waals surface area (Å²) in [7, 11) is 0. The van der Waals surface area contributed by atoms with Crippen LogP contribution in [0.5, 0.6) is 0 Å². The maximum Gasteiger partial charge on any atom is 0.416 e. The quantitative estimate of drug-likeness (QED) is 0.570. The van der Waals surface area contributed by atoms with E-state index in [-0.39, 0.29) is 11.6 Å². The molecular formula is C17H11ClF3N5. The minimum absolute atomic E-state index is 0.117. The summed E-state index contributed by atoms with van der Waals surface area (Å²) in [5.74, 6) is 0.523. The van der Waals surface area contributed by atoms with Crippen molar-refractivity contribution in [3.8, 4) is 11.4 Å². The Hall–Kier alpha value is -2.87. The molecule has 0 aliphatic rings. The zero-order chi connectivity index (χ0) is 18.3. The van der Waals surface area contributed by atoms with Crippen molar-refractivity contribution in [3.63, 3.8) is 0 Å². The molecule has 0 atom stereocenters. The molecule has 4 rings (SSSR count). The first-order chi connectivity index (χ1) is 12.4. The lowest BCUT2D eigenvalue weighted by atomic mass is 10.1. The molecule has 0 bridgehead atoms. The van der Waals surface area contributed by atoms with Crippen LogP contribution in [-0.2, 0) is 12.7 Å². The first kappa shape index (κ1) is 16.6. The van der Waals surface area contributed by atoms with Crippen molar-refractivity contribution < 1.29 is 13.2 Å². The predicted octanol–water partition coefficient (Wildman–Crippen LogP) is 4.54. The van der Waals surface area contributed by atoms with E-state index in [2.05, 4.69) is 20.2 Å². The Morgan fingerprint density at radius 1 is 1.12 bits per heavy atom. The molecule has 0 unspecified atom stereocenters. The van der Waals surface area contributed by atoms with Crippen LogP contribution in [0.1, 0.15) is 11.1 Å². The van der Waals surface area contributed by atoms with Gasteiger partial charge in [0.15, 0.2) is 5.82 Å². The van der Waals surface area contributed by atoms with Crippen LogP contribution in [-0.4, -0.2) is 24.7 Å². The molecule has 5 nitrogen and oxygen atoms in total. The lowest BCUT2D eigenvalue weighted by Gasteiger charge is -2.12. The van der Waals surface area contributed by atoms with Crippen molar-refractivity contribution in [1.82, 2.24) is 24.7 Å². The summed E-state index contributed by atoms with van der Waals surface area (Å²) < 4.78 is 40.5. The van der Waals surface area contributed by atoms with E-state index in [4.69, 9.17) is 11.6 Å². The van der Waals surface area contributed by atoms with Crippen LogP contribution in [0.15, 0.2) is 49.1 Å². The third-order valence-corrected chi connectivity index (χ3v) is 4.38. The molecule has 0 radical (unpaired) electrons. The van der Waals surface area contributed by atoms with E-state index >= 15 is 0 Å². The molecule has 0 spiro atoms. The topological polar surface area (TPSA) is 59.4 Å². The molecule has 2 aromatic heterocycles. The number of nitrogens with one attached hydrogen (secondary N) is 1. The molecule has 0 saturated carbocycles. The van der Waals surface area contributed by atoms with E-state index in [1.165, 1.54) is 12.4 Å². The Balaban J connectivity index is 1.72. The van der Waals surface area contributed by atoms with Crippen molar-refractivity contribution in [2.24, 2.45) is 0 Å². The molecule has 0 saturated heterocycles. The number of H-pyrrole nitrogens is 1. The van der Waals surface area contributed by atoms with Crippen molar-refractivity contribution in [1.29, 1.82) is 0 Å². The summed E-state index contributed by atoms with van der Waals surface area (Å²) in [5.41, 5.74) is 1.99. The van der Waals surface area contributed by atoms with Gasteiger partial charge in [-0.3, -0.25) is 0 Å². The standard InChI is InChI=1S/C17H11ClF3N5/c18-13-3-2-12(17(19,20)21)5-11(13)7-26-9-24-25-16(26)10-1-4-14-15(6-10)23-8-22-14/h1-6,8-9H,7H2,(H,22,23). The van der Waals surface area contributed by atoms with Gasteiger partial charge in [0, 0.05) is 10.6 Å². The van der Waals surface area contributed by atoms with Gasteiger partial charge in [0.05, 0.1) is 29.5 Å². The summed E-state index contributed by atoms with van der Waals surface area (Å²) >= 11 is 6.09. The number of aromatic nitrogens is 5. The van der Waals surface area contributed by atoms with Crippen LogP contribution in [0.25, 0.3) is 22.4 Å². The van der Waals surface area contributed by atoms with Crippen LogP contribution >= 0.6 is 11.6 Å². The number of rotatable bonds is 3. The van der Waals surface area contributed by atoms with Gasteiger partial charge in [-0.1, -0.05) is 11.6 Å². The first-order valence-electron chi connectivity index (χ1n) is 7.59. The molecule has 0 fully saturated rings. The molecule has 0 aliphatic carbocycles. The normalized spacial score (nSPS) is 12.0. The van der Waals surface area contributed by atoms with Crippen molar-refractivity contribution >= 4 is 22.6 Å². The number of halogens is 4. The van der Waals surface area contributed by atoms with Crippen LogP contribution in [0, 0.1) is 0 Å². The van der Waals surface area contributed by atoms with Gasteiger partial charge in [-0.05, 0) is 42.0 Å². The highest BCUT2D eigenvalue weighted by molar-refractivity contribution is 6.31. The molecule has 2 heterocycles. The Labute approximate surface area is 150 Å². The first-order valence-corrected chi connectivity index (χ1v) is 7.96. The third kappa shape index (κ3) is 3.03. The highest BCUT2D eigenvalue weighted by atomic mass is 35.5. The molecule has 1 N–H and O–H groups in total. The SMILES string of the molecule is FC(F)(F)c1ccc(Cl)c(Cn2cnnc2-c2ccc3nc[nH]c3c2)c1. The van der Waals surface area contributed by atoms with E-state index in [0.717, 1.165) is 28.7 Å². The van der Waals surface area contributed by atoms with Crippen LogP contribution < -0.4 is 0 Å². The maximum absolute atomic E-state index is 13.0. The number of hydrogen-bond acceptors (Lipinski definition) is 3. The molecular weight excluding hydrogens is 367 g/mol. The average molecular weight is 378 g/mol. The zero-order valence-electron chi connectivity index (χ0n) is 13.1. The molecule has 0 amide bonds. The van der Waals surface area contributed by atoms with Crippen LogP contribution in [0.3, 0.4) is 0 Å². The number of aromatic amines is 1. The fourth-order valence-electron chi connectivity index (χ4n) is 2.72. The van der Waals surface area contributed by atoms with Crippen molar-refractivity contribution in [3.05, 3.63) is 65.2 Å². The molecule has 132 valence electrons. The van der Waals surface area contributed by atoms with Crippen molar-refractivity contribution in [2.45, 2.75) is 12.7 Å². The van der Waals surface area contributed by atoms with E-state index in [1.807, 2.05) is 18.2 Å². The van der Waals surface area contributed by atoms with Gasteiger partial charge in [0.1, 0.15) is 6.33 Å². The van der Waals surface area contributed by atoms with E-state index in [0.29, 0.717) is 11.4 Å². The number of alkyl halides is 3. The minimum atomic E-state index is -4.43. The van der Waals surface area contributed by atoms with E-state index in [9.17, 15) is 13.2 Å². The summed E-state index contributed by atoms with van der Waals surface area (Å²) in [6, 6.07) is 8.78. The molecule has 26 heavy (non-hydrogen) atoms. The highest BCUT2D eigenvalue weighted by Crippen LogP contribution is 2.32. The van der Waals surface area contributed by atoms with Crippen LogP contribution in [0.2, 0.25) is 5.02 Å². The van der Waals surface area contributed by atoms with Gasteiger partial charge in [0.25, 0.3) is 0 Å². The highest BCUT2D eigenvalue weighted by Gasteiger charge is 2.31. The number of imidazole rings is 1. The van der Waals surface area contributed by atoms with Gasteiger partial charge >= 0.3 is 6.18 Å². The summed E-state index contributed by atoms with van der Waals surface area (Å²) in [6.07, 6.45) is -1.38. The molecule has 2 aromatic carbocycles. The van der Waals surface area contributed by atoms with Gasteiger partial charge in [-0.25, -0.2) is 4.98 Å². The molecule has 9 heteroatoms. The Kier molecular flexibility index (Phi) is 3.91. The smallest absolute Gasteiger partial charge is 0.345 e. The maximum atomic E-state index is 13.0. The number of benzene rings is 2. The van der Waals surface area contributed by atoms with Crippen LogP contribution in [0.4, 0.5) is 13.2 Å². The summed E-state index contributed by atoms with van der Waals surface area (Å²) in [6.45, 7) is 0.117. The molecule has 0 aliphatic heterocycles. The number of fused-ring (bicyclic) bond motifs is 1. The molecule has 4 aromatic rings. The Bertz CT molecular complexity index is 1080. The largest absolute Gasteiger partial charge is 0.416 e. The minimum Gasteiger partial charge on any atom is -0.345 e. The zero-order valence-corrected chi connectivity index (χ0v) is 13.9. The fourth-order valence-corrected chi connectivity index (χ4v) is 2.90. The summed E-state index contributed by atoms with van der Waals surface area (Å²) in [4.78, 5) is 7.16. The van der Waals surface area contributed by atoms with E-state index < -0.39 is 11.7 Å². The fraction of sp³-hybridized carbons (Fsp3) is 0.118. The summed E-state index contributed by atoms with van der Waals surface area (Å²) in [5, 5.41) is 8.22. The lowest BCUT2D eigenvalue weighted by Crippen LogP contribution is -2.08. The average Bonchev–Trinajstić information content (AvgIpc) is 3.24. The second kappa shape index (κ2) is 6.14. The predicted molar refractivity (Wildman–Crippen MR) is 90.7 cm³/mol. The second-order valence-electron chi connectivity index (χ2n) is 5.72. The Morgan fingerprint density at radius 2 is 1.96 bits per heavy atom. The Morgan fingerprint density at radius 3 is 2.77 bits per heavy atom. The van der Waals surface area contributed by atoms with Gasteiger partial charge in [-0.15, -0.1) is 10.2 Å². The number of nitrogens with zero attached hydrogens (tertiary/aromatic N) is 4. The lowest BCUT2D eigenvalue weighted by molar-refractivity contribution is -0.137. The van der Waals surface area contributed by atoms with Gasteiger partial charge in [-0.2, -0.15) is 13.2 Å². The van der Waals surface area contributed by atoms with Gasteiger partial charge in [0.2, 0.25) is 0 Å². The van der Waals surface area contributed by atoms with E-state index in [1.54, 1.807) is 10.9 Å². The van der Waals surface area contributed by atoms with Gasteiger partial charge < -0.3 is 9.55 Å². The second-order valence-corrected chi connectivity index (χ2v) is 6.13. The monoisotopic (exact) mass is 377 g/mol. The van der Waals surface area contributed by atoms with Crippen molar-refractivity contribution in [2.75, 3.05) is 0 Å². The third-order valence-electron chi connectivity index (χ3n) is 4.01.